The summed E-state index contributed by atoms with van der Waals surface area (Å²) in [5, 5.41) is 3.12. The molecular weight excluding hydrogens is 386 g/mol. The highest BCUT2D eigenvalue weighted by Gasteiger charge is 2.29. The lowest BCUT2D eigenvalue weighted by atomic mass is 9.88. The van der Waals surface area contributed by atoms with Gasteiger partial charge in [0, 0.05) is 24.1 Å². The Hall–Kier alpha value is -3.06. The number of methoxy groups -OCH3 is 2. The summed E-state index contributed by atoms with van der Waals surface area (Å²) in [4.78, 5) is 24.4. The third kappa shape index (κ3) is 4.91. The van der Waals surface area contributed by atoms with E-state index in [0.29, 0.717) is 48.9 Å². The standard InChI is InChI=1S/C23H27NO6/c1-4-30-21-13-17(9-10-20(21)27-2)18-14-29-12-11-19(18)24-22(25)15-5-7-16(8-6-15)23(26)28-3/h5-10,13,18-19H,4,11-12,14H2,1-3H3,(H,24,25)/t18-,19+/m0/s1. The van der Waals surface area contributed by atoms with Crippen LogP contribution >= 0.6 is 0 Å². The van der Waals surface area contributed by atoms with Gasteiger partial charge in [0.15, 0.2) is 11.5 Å². The van der Waals surface area contributed by atoms with Crippen LogP contribution in [-0.2, 0) is 9.47 Å². The van der Waals surface area contributed by atoms with Gasteiger partial charge in [0.25, 0.3) is 5.91 Å². The maximum atomic E-state index is 12.8. The number of carbonyl (C=O) groups excluding carboxylic acids is 2. The SMILES string of the molecule is CCOc1cc([C@@H]2COCC[C@H]2NC(=O)c2ccc(C(=O)OC)cc2)ccc1OC. The second kappa shape index (κ2) is 10.1. The number of hydrogen-bond acceptors (Lipinski definition) is 6. The number of benzene rings is 2. The van der Waals surface area contributed by atoms with E-state index in [4.69, 9.17) is 18.9 Å². The summed E-state index contributed by atoms with van der Waals surface area (Å²) >= 11 is 0. The average Bonchev–Trinajstić information content (AvgIpc) is 2.79. The van der Waals surface area contributed by atoms with E-state index in [-0.39, 0.29) is 17.9 Å². The summed E-state index contributed by atoms with van der Waals surface area (Å²) in [6.45, 7) is 3.54. The fourth-order valence-corrected chi connectivity index (χ4v) is 3.56. The lowest BCUT2D eigenvalue weighted by molar-refractivity contribution is 0.0554. The molecule has 1 aliphatic rings. The quantitative estimate of drug-likeness (QED) is 0.702. The normalized spacial score (nSPS) is 18.4. The summed E-state index contributed by atoms with van der Waals surface area (Å²) < 4.78 is 21.4. The number of amides is 1. The molecule has 1 N–H and O–H groups in total. The molecule has 2 aromatic rings. The van der Waals surface area contributed by atoms with Gasteiger partial charge in [-0.1, -0.05) is 6.07 Å². The molecule has 3 rings (SSSR count). The van der Waals surface area contributed by atoms with Crippen molar-refractivity contribution in [3.8, 4) is 11.5 Å². The minimum atomic E-state index is -0.434. The second-order valence-corrected chi connectivity index (χ2v) is 6.96. The summed E-state index contributed by atoms with van der Waals surface area (Å²) in [6.07, 6.45) is 0.701. The highest BCUT2D eigenvalue weighted by molar-refractivity contribution is 5.96. The van der Waals surface area contributed by atoms with Crippen LogP contribution in [0.4, 0.5) is 0 Å². The topological polar surface area (TPSA) is 83.1 Å². The van der Waals surface area contributed by atoms with Crippen molar-refractivity contribution in [3.63, 3.8) is 0 Å². The zero-order valence-electron chi connectivity index (χ0n) is 17.5. The molecule has 30 heavy (non-hydrogen) atoms. The highest BCUT2D eigenvalue weighted by atomic mass is 16.5. The lowest BCUT2D eigenvalue weighted by Gasteiger charge is -2.33. The minimum absolute atomic E-state index is 0.0119. The van der Waals surface area contributed by atoms with Gasteiger partial charge < -0.3 is 24.3 Å². The Morgan fingerprint density at radius 3 is 2.47 bits per heavy atom. The van der Waals surface area contributed by atoms with Crippen molar-refractivity contribution in [2.24, 2.45) is 0 Å². The van der Waals surface area contributed by atoms with Crippen molar-refractivity contribution < 1.29 is 28.5 Å². The number of nitrogens with one attached hydrogen (secondary N) is 1. The van der Waals surface area contributed by atoms with Crippen LogP contribution in [0.5, 0.6) is 11.5 Å². The van der Waals surface area contributed by atoms with Crippen LogP contribution in [0.15, 0.2) is 42.5 Å². The van der Waals surface area contributed by atoms with Crippen molar-refractivity contribution in [2.75, 3.05) is 34.0 Å². The molecule has 0 aliphatic carbocycles. The van der Waals surface area contributed by atoms with Crippen molar-refractivity contribution in [2.45, 2.75) is 25.3 Å². The van der Waals surface area contributed by atoms with Crippen LogP contribution in [0, 0.1) is 0 Å². The first-order valence-electron chi connectivity index (χ1n) is 9.95. The van der Waals surface area contributed by atoms with Crippen molar-refractivity contribution in [1.29, 1.82) is 0 Å². The van der Waals surface area contributed by atoms with E-state index in [1.165, 1.54) is 7.11 Å². The van der Waals surface area contributed by atoms with E-state index < -0.39 is 5.97 Å². The van der Waals surface area contributed by atoms with E-state index in [1.807, 2.05) is 25.1 Å². The Labute approximate surface area is 176 Å². The fraction of sp³-hybridized carbons (Fsp3) is 0.391. The molecule has 0 aromatic heterocycles. The summed E-state index contributed by atoms with van der Waals surface area (Å²) in [7, 11) is 2.93. The Morgan fingerprint density at radius 1 is 1.07 bits per heavy atom. The summed E-state index contributed by atoms with van der Waals surface area (Å²) in [5.41, 5.74) is 1.91. The van der Waals surface area contributed by atoms with Crippen LogP contribution in [0.3, 0.4) is 0 Å². The van der Waals surface area contributed by atoms with E-state index in [2.05, 4.69) is 5.32 Å². The maximum absolute atomic E-state index is 12.8. The molecule has 1 saturated heterocycles. The Morgan fingerprint density at radius 2 is 1.80 bits per heavy atom. The van der Waals surface area contributed by atoms with Crippen LogP contribution in [0.2, 0.25) is 0 Å². The second-order valence-electron chi connectivity index (χ2n) is 6.96. The number of hydrogen-bond donors (Lipinski definition) is 1. The molecule has 1 amide bonds. The average molecular weight is 413 g/mol. The van der Waals surface area contributed by atoms with Gasteiger partial charge in [-0.2, -0.15) is 0 Å². The van der Waals surface area contributed by atoms with E-state index in [0.717, 1.165) is 5.56 Å². The molecule has 1 aliphatic heterocycles. The molecular formula is C23H27NO6. The zero-order chi connectivity index (χ0) is 21.5. The highest BCUT2D eigenvalue weighted by Crippen LogP contribution is 2.34. The van der Waals surface area contributed by atoms with E-state index >= 15 is 0 Å². The number of ether oxygens (including phenoxy) is 4. The number of esters is 1. The molecule has 160 valence electrons. The minimum Gasteiger partial charge on any atom is -0.493 e. The van der Waals surface area contributed by atoms with Gasteiger partial charge in [-0.3, -0.25) is 4.79 Å². The molecule has 0 bridgehead atoms. The molecule has 0 spiro atoms. The largest absolute Gasteiger partial charge is 0.493 e. The third-order valence-electron chi connectivity index (χ3n) is 5.16. The third-order valence-corrected chi connectivity index (χ3v) is 5.16. The van der Waals surface area contributed by atoms with Gasteiger partial charge in [-0.15, -0.1) is 0 Å². The van der Waals surface area contributed by atoms with Gasteiger partial charge in [0.05, 0.1) is 33.0 Å². The fourth-order valence-electron chi connectivity index (χ4n) is 3.56. The van der Waals surface area contributed by atoms with Crippen LogP contribution < -0.4 is 14.8 Å². The van der Waals surface area contributed by atoms with E-state index in [1.54, 1.807) is 31.4 Å². The van der Waals surface area contributed by atoms with Crippen LogP contribution in [0.1, 0.15) is 45.5 Å². The number of carbonyl (C=O) groups is 2. The van der Waals surface area contributed by atoms with Crippen molar-refractivity contribution >= 4 is 11.9 Å². The molecule has 7 heteroatoms. The predicted octanol–water partition coefficient (Wildman–Crippen LogP) is 3.18. The van der Waals surface area contributed by atoms with Crippen molar-refractivity contribution in [1.82, 2.24) is 5.32 Å². The van der Waals surface area contributed by atoms with E-state index in [9.17, 15) is 9.59 Å². The molecule has 2 atom stereocenters. The molecule has 0 radical (unpaired) electrons. The smallest absolute Gasteiger partial charge is 0.337 e. The Kier molecular flexibility index (Phi) is 7.30. The monoisotopic (exact) mass is 413 g/mol. The van der Waals surface area contributed by atoms with Gasteiger partial charge >= 0.3 is 5.97 Å². The lowest BCUT2D eigenvalue weighted by Crippen LogP contribution is -2.44. The molecule has 0 unspecified atom stereocenters. The molecule has 2 aromatic carbocycles. The molecule has 1 fully saturated rings. The maximum Gasteiger partial charge on any atom is 0.337 e. The zero-order valence-corrected chi connectivity index (χ0v) is 17.5. The molecule has 7 nitrogen and oxygen atoms in total. The number of rotatable bonds is 7. The summed E-state index contributed by atoms with van der Waals surface area (Å²) in [5.74, 6) is 0.704. The Balaban J connectivity index is 1.76. The molecule has 1 heterocycles. The van der Waals surface area contributed by atoms with Crippen molar-refractivity contribution in [3.05, 3.63) is 59.2 Å². The van der Waals surface area contributed by atoms with Gasteiger partial charge in [0.1, 0.15) is 0 Å². The Bertz CT molecular complexity index is 880. The van der Waals surface area contributed by atoms with Crippen LogP contribution in [0.25, 0.3) is 0 Å². The van der Waals surface area contributed by atoms with Gasteiger partial charge in [0.2, 0.25) is 0 Å². The first kappa shape index (κ1) is 21.6. The first-order valence-corrected chi connectivity index (χ1v) is 9.95. The first-order chi connectivity index (χ1) is 14.6. The molecule has 0 saturated carbocycles. The summed E-state index contributed by atoms with van der Waals surface area (Å²) in [6, 6.07) is 12.1. The van der Waals surface area contributed by atoms with Gasteiger partial charge in [-0.25, -0.2) is 4.79 Å². The van der Waals surface area contributed by atoms with Crippen LogP contribution in [-0.4, -0.2) is 52.0 Å². The predicted molar refractivity (Wildman–Crippen MR) is 111 cm³/mol. The van der Waals surface area contributed by atoms with Gasteiger partial charge in [-0.05, 0) is 55.3 Å².